The summed E-state index contributed by atoms with van der Waals surface area (Å²) >= 11 is 1.11. The lowest BCUT2D eigenvalue weighted by atomic mass is 9.47. The standard InChI is InChI=1S/C42H32N4O7S/c1-4-53-40(50)32-23(3)43-41-45(36(32)24-19-18-22(2)30(20-24)46(51)52)37(47)31(54-41)21-42-28-16-10-8-14-26(28)33(27-15-9-11-17-29(27)42)34-35(42)39(49)44(38(34)48)25-12-6-5-7-13-25/h5-21,33-36H,4H2,1-3H3/b31-21+/t33?,34-,35-,36+,42?/m0/s1. The van der Waals surface area contributed by atoms with Crippen LogP contribution in [0.4, 0.5) is 11.4 Å². The van der Waals surface area contributed by atoms with Gasteiger partial charge in [-0.25, -0.2) is 14.7 Å². The lowest BCUT2D eigenvalue weighted by molar-refractivity contribution is -0.385. The zero-order chi connectivity index (χ0) is 37.6. The number of para-hydroxylation sites is 1. The molecule has 0 unspecified atom stereocenters. The van der Waals surface area contributed by atoms with Crippen LogP contribution in [-0.2, 0) is 24.5 Å². The van der Waals surface area contributed by atoms with Crippen molar-refractivity contribution in [1.82, 2.24) is 4.57 Å². The van der Waals surface area contributed by atoms with Crippen LogP contribution in [0.3, 0.4) is 0 Å². The number of carbonyl (C=O) groups excluding carboxylic acids is 3. The van der Waals surface area contributed by atoms with E-state index in [2.05, 4.69) is 0 Å². The van der Waals surface area contributed by atoms with Crippen molar-refractivity contribution in [1.29, 1.82) is 0 Å². The molecule has 0 N–H and O–H groups in total. The molecule has 0 saturated carbocycles. The van der Waals surface area contributed by atoms with Crippen LogP contribution >= 0.6 is 11.3 Å². The molecule has 5 aliphatic rings. The SMILES string of the molecule is CCOC(=O)C1=C(C)N=c2s/c(=C/C34c5ccccc5C(c5ccccc53)[C@@H]3C(=O)N(c5ccccc5)C(=O)[C@H]34)c(=O)n2[C@@H]1c1ccc(C)c([N+](=O)[O-])c1. The summed E-state index contributed by atoms with van der Waals surface area (Å²) in [5.74, 6) is -3.31. The summed E-state index contributed by atoms with van der Waals surface area (Å²) < 4.78 is 7.08. The third-order valence-corrected chi connectivity index (χ3v) is 12.3. The minimum Gasteiger partial charge on any atom is -0.463 e. The first kappa shape index (κ1) is 33.6. The van der Waals surface area contributed by atoms with Crippen molar-refractivity contribution in [3.8, 4) is 0 Å². The van der Waals surface area contributed by atoms with E-state index >= 15 is 4.79 Å². The lowest BCUT2D eigenvalue weighted by Gasteiger charge is -2.53. The first-order valence-electron chi connectivity index (χ1n) is 17.7. The second-order valence-electron chi connectivity index (χ2n) is 14.0. The first-order chi connectivity index (χ1) is 26.1. The van der Waals surface area contributed by atoms with Crippen LogP contribution in [0.2, 0.25) is 0 Å². The third-order valence-electron chi connectivity index (χ3n) is 11.3. The molecule has 10 rings (SSSR count). The number of anilines is 1. The highest BCUT2D eigenvalue weighted by Gasteiger charge is 2.67. The fraction of sp³-hybridized carbons (Fsp3) is 0.214. The molecule has 12 heteroatoms. The van der Waals surface area contributed by atoms with Gasteiger partial charge < -0.3 is 4.74 Å². The summed E-state index contributed by atoms with van der Waals surface area (Å²) in [6, 6.07) is 28.1. The van der Waals surface area contributed by atoms with E-state index in [0.29, 0.717) is 22.5 Å². The molecule has 1 aromatic heterocycles. The third kappa shape index (κ3) is 4.49. The number of fused-ring (bicyclic) bond motifs is 1. The zero-order valence-corrected chi connectivity index (χ0v) is 30.2. The largest absolute Gasteiger partial charge is 0.463 e. The van der Waals surface area contributed by atoms with Gasteiger partial charge in [-0.2, -0.15) is 0 Å². The van der Waals surface area contributed by atoms with Crippen LogP contribution in [0, 0.1) is 28.9 Å². The number of ether oxygens (including phenoxy) is 1. The highest BCUT2D eigenvalue weighted by atomic mass is 32.1. The highest BCUT2D eigenvalue weighted by molar-refractivity contribution is 7.07. The van der Waals surface area contributed by atoms with Gasteiger partial charge in [0.25, 0.3) is 11.2 Å². The van der Waals surface area contributed by atoms with Gasteiger partial charge in [0.05, 0.1) is 56.3 Å². The fourth-order valence-corrected chi connectivity index (χ4v) is 10.3. The predicted octanol–water partition coefficient (Wildman–Crippen LogP) is 5.22. The van der Waals surface area contributed by atoms with Gasteiger partial charge in [-0.3, -0.25) is 29.1 Å². The molecule has 3 aliphatic carbocycles. The van der Waals surface area contributed by atoms with Crippen molar-refractivity contribution in [3.63, 3.8) is 0 Å². The predicted molar refractivity (Wildman–Crippen MR) is 201 cm³/mol. The number of carbonyl (C=O) groups is 3. The number of hydrogen-bond acceptors (Lipinski definition) is 9. The van der Waals surface area contributed by atoms with Crippen LogP contribution < -0.4 is 19.8 Å². The summed E-state index contributed by atoms with van der Waals surface area (Å²) in [6.45, 7) is 5.01. The van der Waals surface area contributed by atoms with Gasteiger partial charge >= 0.3 is 5.97 Å². The van der Waals surface area contributed by atoms with Crippen LogP contribution in [-0.4, -0.2) is 33.9 Å². The minimum absolute atomic E-state index is 0.0679. The first-order valence-corrected chi connectivity index (χ1v) is 18.5. The van der Waals surface area contributed by atoms with E-state index in [1.807, 2.05) is 60.7 Å². The van der Waals surface area contributed by atoms with Gasteiger partial charge in [0, 0.05) is 17.5 Å². The van der Waals surface area contributed by atoms with E-state index in [-0.39, 0.29) is 44.9 Å². The zero-order valence-electron chi connectivity index (χ0n) is 29.4. The Morgan fingerprint density at radius 3 is 2.22 bits per heavy atom. The van der Waals surface area contributed by atoms with E-state index in [1.165, 1.54) is 15.5 Å². The number of imide groups is 1. The molecule has 2 bridgehead atoms. The number of benzene rings is 4. The molecule has 11 nitrogen and oxygen atoms in total. The number of hydrogen-bond donors (Lipinski definition) is 0. The second kappa shape index (κ2) is 12.1. The van der Waals surface area contributed by atoms with Gasteiger partial charge in [-0.1, -0.05) is 90.2 Å². The topological polar surface area (TPSA) is 141 Å². The summed E-state index contributed by atoms with van der Waals surface area (Å²) in [5, 5.41) is 12.1. The summed E-state index contributed by atoms with van der Waals surface area (Å²) in [4.78, 5) is 75.9. The molecule has 2 aliphatic heterocycles. The molecular weight excluding hydrogens is 705 g/mol. The van der Waals surface area contributed by atoms with Crippen LogP contribution in [0.5, 0.6) is 0 Å². The Bertz CT molecular complexity index is 2670. The van der Waals surface area contributed by atoms with Gasteiger partial charge in [-0.15, -0.1) is 0 Å². The average molecular weight is 737 g/mol. The van der Waals surface area contributed by atoms with Gasteiger partial charge in [0.2, 0.25) is 11.8 Å². The lowest BCUT2D eigenvalue weighted by Crippen LogP contribution is -2.53. The quantitative estimate of drug-likeness (QED) is 0.101. The van der Waals surface area contributed by atoms with Gasteiger partial charge in [0.1, 0.15) is 0 Å². The van der Waals surface area contributed by atoms with Crippen molar-refractivity contribution >= 4 is 46.6 Å². The Labute approximate surface area is 312 Å². The fourth-order valence-electron chi connectivity index (χ4n) is 9.21. The monoisotopic (exact) mass is 736 g/mol. The maximum absolute atomic E-state index is 15.0. The molecule has 2 amide bonds. The smallest absolute Gasteiger partial charge is 0.338 e. The van der Waals surface area contributed by atoms with E-state index < -0.39 is 39.7 Å². The molecular formula is C42H32N4O7S. The number of nitrogens with zero attached hydrogens (tertiary/aromatic N) is 4. The van der Waals surface area contributed by atoms with E-state index in [4.69, 9.17) is 9.73 Å². The van der Waals surface area contributed by atoms with Gasteiger partial charge in [0.15, 0.2) is 4.80 Å². The summed E-state index contributed by atoms with van der Waals surface area (Å²) in [7, 11) is 0. The number of nitro groups is 1. The number of aryl methyl sites for hydroxylation is 1. The van der Waals surface area contributed by atoms with Crippen molar-refractivity contribution in [2.24, 2.45) is 16.8 Å². The second-order valence-corrected chi connectivity index (χ2v) is 15.0. The molecule has 3 atom stereocenters. The van der Waals surface area contributed by atoms with E-state index in [9.17, 15) is 24.5 Å². The number of aromatic nitrogens is 1. The number of amides is 2. The normalized spacial score (nSPS) is 23.8. The molecule has 1 fully saturated rings. The summed E-state index contributed by atoms with van der Waals surface area (Å²) in [6.07, 6.45) is 1.83. The number of rotatable bonds is 6. The Hall–Kier alpha value is -6.27. The van der Waals surface area contributed by atoms with Crippen LogP contribution in [0.25, 0.3) is 6.08 Å². The van der Waals surface area contributed by atoms with Gasteiger partial charge in [-0.05, 0) is 66.8 Å². The Morgan fingerprint density at radius 1 is 0.926 bits per heavy atom. The average Bonchev–Trinajstić information content (AvgIpc) is 3.62. The van der Waals surface area contributed by atoms with Crippen molar-refractivity contribution in [3.05, 3.63) is 172 Å². The molecule has 3 heterocycles. The van der Waals surface area contributed by atoms with E-state index in [0.717, 1.165) is 33.6 Å². The minimum atomic E-state index is -1.24. The summed E-state index contributed by atoms with van der Waals surface area (Å²) in [5.41, 5.74) is 3.30. The Morgan fingerprint density at radius 2 is 1.57 bits per heavy atom. The van der Waals surface area contributed by atoms with Crippen LogP contribution in [0.1, 0.15) is 59.2 Å². The molecule has 4 aromatic carbocycles. The van der Waals surface area contributed by atoms with Crippen molar-refractivity contribution < 1.29 is 24.0 Å². The maximum atomic E-state index is 15.0. The van der Waals surface area contributed by atoms with Crippen molar-refractivity contribution in [2.75, 3.05) is 11.5 Å². The molecule has 0 spiro atoms. The number of allylic oxidation sites excluding steroid dienone is 1. The number of thiazole rings is 1. The van der Waals surface area contributed by atoms with Crippen LogP contribution in [0.15, 0.2) is 118 Å². The number of nitro benzene ring substituents is 1. The Balaban J connectivity index is 1.34. The maximum Gasteiger partial charge on any atom is 0.338 e. The van der Waals surface area contributed by atoms with E-state index in [1.54, 1.807) is 57.2 Å². The molecule has 54 heavy (non-hydrogen) atoms. The molecule has 1 saturated heterocycles. The van der Waals surface area contributed by atoms with Crippen molar-refractivity contribution in [2.45, 2.75) is 38.1 Å². The highest BCUT2D eigenvalue weighted by Crippen LogP contribution is 2.65. The molecule has 268 valence electrons. The number of esters is 1. The molecule has 0 radical (unpaired) electrons. The Kier molecular flexibility index (Phi) is 7.54. The molecule has 5 aromatic rings.